The molecule has 10 heteroatoms. The van der Waals surface area contributed by atoms with E-state index in [4.69, 9.17) is 4.74 Å². The fraction of sp³-hybridized carbons (Fsp3) is 0.250. The van der Waals surface area contributed by atoms with Crippen molar-refractivity contribution in [3.63, 3.8) is 0 Å². The van der Waals surface area contributed by atoms with E-state index in [2.05, 4.69) is 0 Å². The average Bonchev–Trinajstić information content (AvgIpc) is 2.94. The number of aliphatic hydroxyl groups excluding tert-OH is 1. The Labute approximate surface area is 238 Å². The van der Waals surface area contributed by atoms with E-state index < -0.39 is 47.2 Å². The Kier molecular flexibility index (Phi) is 9.15. The Hall–Kier alpha value is -4.05. The first-order valence-corrected chi connectivity index (χ1v) is 13.0. The number of halogens is 7. The molecule has 0 amide bonds. The van der Waals surface area contributed by atoms with E-state index in [9.17, 15) is 31.4 Å². The summed E-state index contributed by atoms with van der Waals surface area (Å²) in [6.07, 6.45) is -12.3. The van der Waals surface area contributed by atoms with Gasteiger partial charge in [0, 0.05) is 11.3 Å². The lowest BCUT2D eigenvalue weighted by atomic mass is 10.0. The highest BCUT2D eigenvalue weighted by Gasteiger charge is 2.35. The van der Waals surface area contributed by atoms with Gasteiger partial charge in [-0.25, -0.2) is 4.39 Å². The third-order valence-corrected chi connectivity index (χ3v) is 6.73. The lowest BCUT2D eigenvalue weighted by Gasteiger charge is -2.36. The molecule has 0 saturated carbocycles. The van der Waals surface area contributed by atoms with Crippen LogP contribution in [0.2, 0.25) is 0 Å². The summed E-state index contributed by atoms with van der Waals surface area (Å²) in [7, 11) is 0. The molecule has 0 heterocycles. The van der Waals surface area contributed by atoms with E-state index in [1.54, 1.807) is 48.5 Å². The highest BCUT2D eigenvalue weighted by atomic mass is 19.4. The summed E-state index contributed by atoms with van der Waals surface area (Å²) >= 11 is 0. The van der Waals surface area contributed by atoms with Crippen LogP contribution < -0.4 is 9.64 Å². The third-order valence-electron chi connectivity index (χ3n) is 6.73. The molecule has 0 radical (unpaired) electrons. The lowest BCUT2D eigenvalue weighted by molar-refractivity contribution is -0.138. The minimum absolute atomic E-state index is 0.0870. The molecule has 2 atom stereocenters. The molecule has 0 saturated heterocycles. The molecule has 4 aromatic rings. The molecule has 3 nitrogen and oxygen atoms in total. The third kappa shape index (κ3) is 7.42. The molecule has 0 aromatic heterocycles. The van der Waals surface area contributed by atoms with Gasteiger partial charge in [-0.05, 0) is 71.6 Å². The fourth-order valence-corrected chi connectivity index (χ4v) is 4.42. The van der Waals surface area contributed by atoms with E-state index in [1.165, 1.54) is 4.90 Å². The van der Waals surface area contributed by atoms with E-state index in [0.717, 1.165) is 29.8 Å². The summed E-state index contributed by atoms with van der Waals surface area (Å²) in [5, 5.41) is 11.1. The Morgan fingerprint density at radius 1 is 0.714 bits per heavy atom. The summed E-state index contributed by atoms with van der Waals surface area (Å²) < 4.78 is 102. The predicted molar refractivity (Wildman–Crippen MR) is 145 cm³/mol. The molecular formula is C32H28F7NO2. The molecule has 4 rings (SSSR count). The van der Waals surface area contributed by atoms with Crippen molar-refractivity contribution in [2.75, 3.05) is 11.4 Å². The Morgan fingerprint density at radius 3 is 1.93 bits per heavy atom. The second-order valence-corrected chi connectivity index (χ2v) is 10.1. The molecule has 42 heavy (non-hydrogen) atoms. The molecule has 0 spiro atoms. The topological polar surface area (TPSA) is 32.7 Å². The van der Waals surface area contributed by atoms with E-state index in [-0.39, 0.29) is 23.8 Å². The first-order valence-electron chi connectivity index (χ1n) is 13.0. The number of ether oxygens (including phenoxy) is 1. The highest BCUT2D eigenvalue weighted by Crippen LogP contribution is 2.38. The summed E-state index contributed by atoms with van der Waals surface area (Å²) in [4.78, 5) is 1.38. The zero-order valence-electron chi connectivity index (χ0n) is 22.6. The highest BCUT2D eigenvalue weighted by molar-refractivity contribution is 5.50. The molecule has 0 bridgehead atoms. The monoisotopic (exact) mass is 591 g/mol. The maximum atomic E-state index is 15.4. The zero-order chi connectivity index (χ0) is 30.7. The number of nitrogens with zero attached hydrogens (tertiary/aromatic N) is 1. The van der Waals surface area contributed by atoms with Crippen molar-refractivity contribution in [1.29, 1.82) is 0 Å². The zero-order valence-corrected chi connectivity index (χ0v) is 22.6. The largest absolute Gasteiger partial charge is 0.466 e. The van der Waals surface area contributed by atoms with Crippen LogP contribution in [0.5, 0.6) is 5.75 Å². The number of hydrogen-bond acceptors (Lipinski definition) is 3. The second kappa shape index (κ2) is 12.4. The molecule has 0 fully saturated rings. The summed E-state index contributed by atoms with van der Waals surface area (Å²) in [6, 6.07) is 20.9. The van der Waals surface area contributed by atoms with Gasteiger partial charge in [0.2, 0.25) is 6.23 Å². The maximum absolute atomic E-state index is 15.4. The summed E-state index contributed by atoms with van der Waals surface area (Å²) in [6.45, 7) is 3.53. The van der Waals surface area contributed by atoms with Crippen molar-refractivity contribution in [3.8, 4) is 5.75 Å². The van der Waals surface area contributed by atoms with Gasteiger partial charge in [0.25, 0.3) is 0 Å². The maximum Gasteiger partial charge on any atom is 0.416 e. The van der Waals surface area contributed by atoms with E-state index in [0.29, 0.717) is 23.9 Å². The van der Waals surface area contributed by atoms with Crippen molar-refractivity contribution in [2.45, 2.75) is 44.4 Å². The van der Waals surface area contributed by atoms with Crippen LogP contribution in [0, 0.1) is 5.82 Å². The van der Waals surface area contributed by atoms with Gasteiger partial charge in [0.05, 0.1) is 23.8 Å². The van der Waals surface area contributed by atoms with Crippen LogP contribution >= 0.6 is 0 Å². The van der Waals surface area contributed by atoms with Crippen LogP contribution in [0.3, 0.4) is 0 Å². The SMILES string of the molecule is CC(C)c1cccc(OC(c2cc(C(F)(F)F)ccc2F)N(CC(O)c2ccc(C(F)(F)F)cc2)c2ccccc2)c1. The van der Waals surface area contributed by atoms with Crippen LogP contribution in [0.1, 0.15) is 59.9 Å². The number of rotatable bonds is 9. The Bertz CT molecular complexity index is 1470. The lowest BCUT2D eigenvalue weighted by Crippen LogP contribution is -2.37. The van der Waals surface area contributed by atoms with Gasteiger partial charge in [-0.15, -0.1) is 0 Å². The van der Waals surface area contributed by atoms with Crippen molar-refractivity contribution in [3.05, 3.63) is 131 Å². The van der Waals surface area contributed by atoms with Gasteiger partial charge in [-0.2, -0.15) is 26.3 Å². The van der Waals surface area contributed by atoms with Crippen molar-refractivity contribution < 1.29 is 40.6 Å². The summed E-state index contributed by atoms with van der Waals surface area (Å²) in [5.74, 6) is -0.644. The number of benzene rings is 4. The number of hydrogen-bond donors (Lipinski definition) is 1. The van der Waals surface area contributed by atoms with Crippen LogP contribution in [0.4, 0.5) is 36.4 Å². The normalized spacial score (nSPS) is 13.6. The first kappa shape index (κ1) is 30.9. The average molecular weight is 592 g/mol. The van der Waals surface area contributed by atoms with Crippen LogP contribution in [0.15, 0.2) is 97.1 Å². The standard InChI is InChI=1S/C32H28F7NO2/c1-20(2)22-7-6-10-26(17-22)42-30(27-18-24(32(37,38)39)15-16-28(27)33)40(25-8-4-3-5-9-25)19-29(41)21-11-13-23(14-12-21)31(34,35)36/h3-18,20,29-30,41H,19H2,1-2H3. The van der Waals surface area contributed by atoms with Crippen molar-refractivity contribution in [2.24, 2.45) is 0 Å². The Morgan fingerprint density at radius 2 is 1.33 bits per heavy atom. The number of aliphatic hydroxyl groups is 1. The molecule has 0 aliphatic heterocycles. The molecule has 0 aliphatic carbocycles. The van der Waals surface area contributed by atoms with E-state index in [1.807, 2.05) is 19.9 Å². The molecular weight excluding hydrogens is 563 g/mol. The number of alkyl halides is 6. The smallest absolute Gasteiger partial charge is 0.416 e. The van der Waals surface area contributed by atoms with Gasteiger partial charge in [-0.3, -0.25) is 0 Å². The van der Waals surface area contributed by atoms with Crippen molar-refractivity contribution >= 4 is 5.69 Å². The minimum atomic E-state index is -4.78. The number of anilines is 1. The molecule has 2 unspecified atom stereocenters. The molecule has 1 N–H and O–H groups in total. The molecule has 0 aliphatic rings. The van der Waals surface area contributed by atoms with Gasteiger partial charge in [-0.1, -0.05) is 56.3 Å². The fourth-order valence-electron chi connectivity index (χ4n) is 4.42. The van der Waals surface area contributed by atoms with Crippen LogP contribution in [-0.2, 0) is 12.4 Å². The van der Waals surface area contributed by atoms with E-state index >= 15 is 4.39 Å². The number of para-hydroxylation sites is 1. The van der Waals surface area contributed by atoms with Gasteiger partial charge < -0.3 is 14.7 Å². The minimum Gasteiger partial charge on any atom is -0.466 e. The Balaban J connectivity index is 1.83. The summed E-state index contributed by atoms with van der Waals surface area (Å²) in [5.41, 5.74) is -1.09. The van der Waals surface area contributed by atoms with Gasteiger partial charge >= 0.3 is 12.4 Å². The van der Waals surface area contributed by atoms with Gasteiger partial charge in [0.1, 0.15) is 11.6 Å². The van der Waals surface area contributed by atoms with Crippen LogP contribution in [0.25, 0.3) is 0 Å². The molecule has 222 valence electrons. The molecule has 4 aromatic carbocycles. The predicted octanol–water partition coefficient (Wildman–Crippen LogP) is 9.30. The van der Waals surface area contributed by atoms with Crippen LogP contribution in [-0.4, -0.2) is 11.7 Å². The second-order valence-electron chi connectivity index (χ2n) is 10.1. The van der Waals surface area contributed by atoms with Gasteiger partial charge in [0.15, 0.2) is 0 Å². The first-order chi connectivity index (χ1) is 19.7. The quantitative estimate of drug-likeness (QED) is 0.156. The van der Waals surface area contributed by atoms with Crippen molar-refractivity contribution in [1.82, 2.24) is 0 Å².